The summed E-state index contributed by atoms with van der Waals surface area (Å²) >= 11 is 0. The maximum Gasteiger partial charge on any atom is 0.323 e. The van der Waals surface area contributed by atoms with Crippen LogP contribution in [0.1, 0.15) is 44.9 Å². The van der Waals surface area contributed by atoms with Crippen LogP contribution in [-0.2, 0) is 4.79 Å². The number of hydrogen-bond donors (Lipinski definition) is 2. The van der Waals surface area contributed by atoms with Gasteiger partial charge in [0, 0.05) is 6.04 Å². The van der Waals surface area contributed by atoms with Crippen molar-refractivity contribution in [2.75, 3.05) is 20.1 Å². The van der Waals surface area contributed by atoms with Crippen LogP contribution in [0.25, 0.3) is 0 Å². The summed E-state index contributed by atoms with van der Waals surface area (Å²) < 4.78 is 0. The van der Waals surface area contributed by atoms with Crippen LogP contribution in [0.3, 0.4) is 0 Å². The number of hydrogen-bond acceptors (Lipinski definition) is 3. The fraction of sp³-hybridized carbons (Fsp3) is 0.923. The second-order valence-electron chi connectivity index (χ2n) is 5.59. The number of aliphatic carboxylic acids is 1. The Kier molecular flexibility index (Phi) is 4.05. The van der Waals surface area contributed by atoms with Gasteiger partial charge in [0.1, 0.15) is 5.54 Å². The SMILES string of the molecule is CN1CCCCC1CCNC1(C(=O)O)CCC1. The van der Waals surface area contributed by atoms with E-state index in [1.165, 1.54) is 25.8 Å². The Morgan fingerprint density at radius 2 is 2.18 bits per heavy atom. The number of rotatable bonds is 5. The largest absolute Gasteiger partial charge is 0.480 e. The molecule has 0 bridgehead atoms. The zero-order chi connectivity index (χ0) is 12.3. The summed E-state index contributed by atoms with van der Waals surface area (Å²) in [4.78, 5) is 13.6. The van der Waals surface area contributed by atoms with Gasteiger partial charge in [-0.2, -0.15) is 0 Å². The highest BCUT2D eigenvalue weighted by molar-refractivity contribution is 5.79. The Labute approximate surface area is 103 Å². The van der Waals surface area contributed by atoms with Crippen LogP contribution in [0.4, 0.5) is 0 Å². The van der Waals surface area contributed by atoms with E-state index < -0.39 is 11.5 Å². The van der Waals surface area contributed by atoms with Crippen molar-refractivity contribution in [1.29, 1.82) is 0 Å². The Morgan fingerprint density at radius 3 is 2.71 bits per heavy atom. The van der Waals surface area contributed by atoms with Gasteiger partial charge < -0.3 is 15.3 Å². The average molecular weight is 240 g/mol. The first-order chi connectivity index (χ1) is 8.14. The van der Waals surface area contributed by atoms with Crippen molar-refractivity contribution < 1.29 is 9.90 Å². The van der Waals surface area contributed by atoms with E-state index in [0.29, 0.717) is 6.04 Å². The van der Waals surface area contributed by atoms with Crippen LogP contribution >= 0.6 is 0 Å². The number of nitrogens with zero attached hydrogens (tertiary/aromatic N) is 1. The molecule has 1 heterocycles. The highest BCUT2D eigenvalue weighted by Crippen LogP contribution is 2.32. The summed E-state index contributed by atoms with van der Waals surface area (Å²) in [5, 5.41) is 12.5. The van der Waals surface area contributed by atoms with Crippen molar-refractivity contribution >= 4 is 5.97 Å². The van der Waals surface area contributed by atoms with Crippen LogP contribution in [0.2, 0.25) is 0 Å². The third-order valence-corrected chi connectivity index (χ3v) is 4.48. The molecule has 0 aromatic heterocycles. The van der Waals surface area contributed by atoms with Gasteiger partial charge in [0.05, 0.1) is 0 Å². The Bertz CT molecular complexity index is 277. The Balaban J connectivity index is 1.73. The molecule has 1 atom stereocenters. The summed E-state index contributed by atoms with van der Waals surface area (Å²) in [6.07, 6.45) is 7.59. The van der Waals surface area contributed by atoms with Crippen molar-refractivity contribution in [1.82, 2.24) is 10.2 Å². The van der Waals surface area contributed by atoms with Gasteiger partial charge in [-0.1, -0.05) is 6.42 Å². The van der Waals surface area contributed by atoms with Crippen LogP contribution in [0, 0.1) is 0 Å². The topological polar surface area (TPSA) is 52.6 Å². The van der Waals surface area contributed by atoms with Crippen LogP contribution in [0.5, 0.6) is 0 Å². The summed E-state index contributed by atoms with van der Waals surface area (Å²) in [5.74, 6) is -0.666. The first-order valence-electron chi connectivity index (χ1n) is 6.83. The molecular formula is C13H24N2O2. The lowest BCUT2D eigenvalue weighted by molar-refractivity contribution is -0.148. The van der Waals surface area contributed by atoms with Crippen molar-refractivity contribution in [3.63, 3.8) is 0 Å². The van der Waals surface area contributed by atoms with Gasteiger partial charge in [0.2, 0.25) is 0 Å². The van der Waals surface area contributed by atoms with Crippen molar-refractivity contribution in [2.45, 2.75) is 56.5 Å². The molecule has 2 fully saturated rings. The second-order valence-corrected chi connectivity index (χ2v) is 5.59. The number of nitrogens with one attached hydrogen (secondary N) is 1. The molecule has 0 amide bonds. The molecule has 1 aliphatic carbocycles. The van der Waals surface area contributed by atoms with Gasteiger partial charge in [-0.25, -0.2) is 0 Å². The third kappa shape index (κ3) is 2.80. The smallest absolute Gasteiger partial charge is 0.323 e. The van der Waals surface area contributed by atoms with E-state index in [1.54, 1.807) is 0 Å². The van der Waals surface area contributed by atoms with Gasteiger partial charge in [-0.05, 0) is 58.7 Å². The zero-order valence-corrected chi connectivity index (χ0v) is 10.7. The van der Waals surface area contributed by atoms with Crippen molar-refractivity contribution in [2.24, 2.45) is 0 Å². The summed E-state index contributed by atoms with van der Waals surface area (Å²) in [6.45, 7) is 2.02. The predicted molar refractivity (Wildman–Crippen MR) is 67.1 cm³/mol. The van der Waals surface area contributed by atoms with Gasteiger partial charge in [-0.3, -0.25) is 4.79 Å². The van der Waals surface area contributed by atoms with E-state index in [1.807, 2.05) is 0 Å². The zero-order valence-electron chi connectivity index (χ0n) is 10.7. The fourth-order valence-corrected chi connectivity index (χ4v) is 2.98. The minimum Gasteiger partial charge on any atom is -0.480 e. The van der Waals surface area contributed by atoms with E-state index >= 15 is 0 Å². The number of carboxylic acid groups (broad SMARTS) is 1. The lowest BCUT2D eigenvalue weighted by Gasteiger charge is -2.39. The van der Waals surface area contributed by atoms with Gasteiger partial charge in [-0.15, -0.1) is 0 Å². The molecule has 0 spiro atoms. The molecular weight excluding hydrogens is 216 g/mol. The predicted octanol–water partition coefficient (Wildman–Crippen LogP) is 1.46. The molecule has 98 valence electrons. The van der Waals surface area contributed by atoms with E-state index in [4.69, 9.17) is 0 Å². The highest BCUT2D eigenvalue weighted by atomic mass is 16.4. The third-order valence-electron chi connectivity index (χ3n) is 4.48. The molecule has 4 heteroatoms. The first-order valence-corrected chi connectivity index (χ1v) is 6.83. The molecule has 1 unspecified atom stereocenters. The van der Waals surface area contributed by atoms with E-state index in [2.05, 4.69) is 17.3 Å². The summed E-state index contributed by atoms with van der Waals surface area (Å²) in [7, 11) is 2.18. The maximum absolute atomic E-state index is 11.2. The number of carboxylic acids is 1. The van der Waals surface area contributed by atoms with Crippen LogP contribution in [-0.4, -0.2) is 47.7 Å². The fourth-order valence-electron chi connectivity index (χ4n) is 2.98. The molecule has 1 saturated heterocycles. The number of likely N-dealkylation sites (tertiary alicyclic amines) is 1. The second kappa shape index (κ2) is 5.36. The minimum atomic E-state index is -0.666. The molecule has 0 aromatic rings. The molecule has 17 heavy (non-hydrogen) atoms. The molecule has 2 rings (SSSR count). The average Bonchev–Trinajstić information content (AvgIpc) is 2.23. The lowest BCUT2D eigenvalue weighted by Crippen LogP contribution is -2.57. The molecule has 2 N–H and O–H groups in total. The van der Waals surface area contributed by atoms with E-state index in [9.17, 15) is 9.90 Å². The normalized spacial score (nSPS) is 28.6. The minimum absolute atomic E-state index is 0.590. The molecule has 0 radical (unpaired) electrons. The van der Waals surface area contributed by atoms with Crippen LogP contribution < -0.4 is 5.32 Å². The first kappa shape index (κ1) is 12.8. The van der Waals surface area contributed by atoms with E-state index in [-0.39, 0.29) is 0 Å². The summed E-state index contributed by atoms with van der Waals surface area (Å²) in [5.41, 5.74) is -0.590. The standard InChI is InChI=1S/C13H24N2O2/c1-15-10-3-2-5-11(15)6-9-14-13(12(16)17)7-4-8-13/h11,14H,2-10H2,1H3,(H,16,17). The summed E-state index contributed by atoms with van der Waals surface area (Å²) in [6, 6.07) is 0.641. The van der Waals surface area contributed by atoms with Crippen LogP contribution in [0.15, 0.2) is 0 Å². The Morgan fingerprint density at radius 1 is 1.41 bits per heavy atom. The van der Waals surface area contributed by atoms with Gasteiger partial charge in [0.25, 0.3) is 0 Å². The monoisotopic (exact) mass is 240 g/mol. The molecule has 1 saturated carbocycles. The van der Waals surface area contributed by atoms with Crippen molar-refractivity contribution in [3.8, 4) is 0 Å². The van der Waals surface area contributed by atoms with Gasteiger partial charge >= 0.3 is 5.97 Å². The lowest BCUT2D eigenvalue weighted by atomic mass is 9.76. The quantitative estimate of drug-likeness (QED) is 0.764. The maximum atomic E-state index is 11.2. The molecule has 4 nitrogen and oxygen atoms in total. The molecule has 0 aromatic carbocycles. The van der Waals surface area contributed by atoms with E-state index in [0.717, 1.165) is 32.2 Å². The molecule has 1 aliphatic heterocycles. The number of piperidine rings is 1. The number of carbonyl (C=O) groups is 1. The molecule has 2 aliphatic rings. The Hall–Kier alpha value is -0.610. The van der Waals surface area contributed by atoms with Crippen molar-refractivity contribution in [3.05, 3.63) is 0 Å². The van der Waals surface area contributed by atoms with Gasteiger partial charge in [0.15, 0.2) is 0 Å². The highest BCUT2D eigenvalue weighted by Gasteiger charge is 2.43.